The van der Waals surface area contributed by atoms with Gasteiger partial charge in [-0.1, -0.05) is 12.1 Å². The molecule has 0 aliphatic carbocycles. The van der Waals surface area contributed by atoms with E-state index in [-0.39, 0.29) is 12.4 Å². The lowest BCUT2D eigenvalue weighted by atomic mass is 10.1. The monoisotopic (exact) mass is 333 g/mol. The summed E-state index contributed by atoms with van der Waals surface area (Å²) in [5.41, 5.74) is 1.90. The molecule has 7 heteroatoms. The van der Waals surface area contributed by atoms with Crippen molar-refractivity contribution in [3.05, 3.63) is 41.8 Å². The molecule has 23 heavy (non-hydrogen) atoms. The lowest BCUT2D eigenvalue weighted by Gasteiger charge is -2.08. The maximum absolute atomic E-state index is 13.1. The van der Waals surface area contributed by atoms with Gasteiger partial charge in [-0.2, -0.15) is 0 Å². The van der Waals surface area contributed by atoms with Crippen molar-refractivity contribution in [1.29, 1.82) is 0 Å². The molecule has 0 spiro atoms. The molecule has 3 aromatic rings. The highest BCUT2D eigenvalue weighted by atomic mass is 32.1. The molecular weight excluding hydrogens is 317 g/mol. The summed E-state index contributed by atoms with van der Waals surface area (Å²) in [5, 5.41) is 14.8. The van der Waals surface area contributed by atoms with Crippen LogP contribution in [0.25, 0.3) is 21.3 Å². The van der Waals surface area contributed by atoms with E-state index in [4.69, 9.17) is 9.84 Å². The summed E-state index contributed by atoms with van der Waals surface area (Å²) < 4.78 is 18.4. The van der Waals surface area contributed by atoms with Crippen LogP contribution in [0.2, 0.25) is 0 Å². The number of rotatable bonds is 7. The SMILES string of the molecule is OCCOCCNc1ncnc2scc(-c3ccc(F)cc3)c12. The first-order valence-electron chi connectivity index (χ1n) is 7.20. The number of anilines is 1. The Bertz CT molecular complexity index is 777. The van der Waals surface area contributed by atoms with Crippen LogP contribution in [-0.4, -0.2) is 41.4 Å². The highest BCUT2D eigenvalue weighted by molar-refractivity contribution is 7.17. The third-order valence-corrected chi connectivity index (χ3v) is 4.19. The molecule has 2 heterocycles. The largest absolute Gasteiger partial charge is 0.394 e. The van der Waals surface area contributed by atoms with Crippen LogP contribution in [0, 0.1) is 5.82 Å². The predicted molar refractivity (Wildman–Crippen MR) is 89.2 cm³/mol. The number of aliphatic hydroxyl groups is 1. The summed E-state index contributed by atoms with van der Waals surface area (Å²) in [7, 11) is 0. The highest BCUT2D eigenvalue weighted by Crippen LogP contribution is 2.36. The van der Waals surface area contributed by atoms with E-state index in [0.717, 1.165) is 27.2 Å². The van der Waals surface area contributed by atoms with E-state index in [1.54, 1.807) is 12.1 Å². The molecule has 0 fully saturated rings. The van der Waals surface area contributed by atoms with Crippen molar-refractivity contribution in [3.63, 3.8) is 0 Å². The van der Waals surface area contributed by atoms with Crippen molar-refractivity contribution in [1.82, 2.24) is 9.97 Å². The second-order valence-electron chi connectivity index (χ2n) is 4.82. The molecule has 5 nitrogen and oxygen atoms in total. The Labute approximate surface area is 136 Å². The smallest absolute Gasteiger partial charge is 0.138 e. The first-order chi connectivity index (χ1) is 11.3. The molecule has 2 aromatic heterocycles. The van der Waals surface area contributed by atoms with E-state index in [1.807, 2.05) is 5.38 Å². The van der Waals surface area contributed by atoms with Crippen molar-refractivity contribution >= 4 is 27.4 Å². The van der Waals surface area contributed by atoms with Gasteiger partial charge < -0.3 is 15.2 Å². The number of hydrogen-bond donors (Lipinski definition) is 2. The van der Waals surface area contributed by atoms with E-state index >= 15 is 0 Å². The van der Waals surface area contributed by atoms with E-state index < -0.39 is 0 Å². The maximum Gasteiger partial charge on any atom is 0.138 e. The number of hydrogen-bond acceptors (Lipinski definition) is 6. The summed E-state index contributed by atoms with van der Waals surface area (Å²) in [4.78, 5) is 9.47. The number of aliphatic hydroxyl groups excluding tert-OH is 1. The Morgan fingerprint density at radius 3 is 2.78 bits per heavy atom. The first-order valence-corrected chi connectivity index (χ1v) is 8.08. The minimum Gasteiger partial charge on any atom is -0.394 e. The van der Waals surface area contributed by atoms with Gasteiger partial charge >= 0.3 is 0 Å². The molecule has 0 unspecified atom stereocenters. The lowest BCUT2D eigenvalue weighted by Crippen LogP contribution is -2.12. The number of nitrogens with zero attached hydrogens (tertiary/aromatic N) is 2. The quantitative estimate of drug-likeness (QED) is 0.651. The molecule has 0 aliphatic rings. The van der Waals surface area contributed by atoms with Crippen LogP contribution in [0.1, 0.15) is 0 Å². The number of ether oxygens (including phenoxy) is 1. The van der Waals surface area contributed by atoms with Gasteiger partial charge in [0.05, 0.1) is 25.2 Å². The van der Waals surface area contributed by atoms with Crippen molar-refractivity contribution in [2.75, 3.05) is 31.7 Å². The molecule has 0 radical (unpaired) electrons. The highest BCUT2D eigenvalue weighted by Gasteiger charge is 2.12. The topological polar surface area (TPSA) is 67.3 Å². The minimum atomic E-state index is -0.260. The zero-order valence-corrected chi connectivity index (χ0v) is 13.1. The van der Waals surface area contributed by atoms with E-state index in [0.29, 0.717) is 19.8 Å². The van der Waals surface area contributed by atoms with Gasteiger partial charge in [-0.05, 0) is 17.7 Å². The van der Waals surface area contributed by atoms with Gasteiger partial charge in [-0.3, -0.25) is 0 Å². The third kappa shape index (κ3) is 3.64. The average molecular weight is 333 g/mol. The summed E-state index contributed by atoms with van der Waals surface area (Å²) in [5.74, 6) is 0.465. The summed E-state index contributed by atoms with van der Waals surface area (Å²) in [6.45, 7) is 1.38. The Morgan fingerprint density at radius 2 is 2.00 bits per heavy atom. The third-order valence-electron chi connectivity index (χ3n) is 3.30. The number of nitrogens with one attached hydrogen (secondary N) is 1. The first kappa shape index (κ1) is 15.8. The molecule has 3 rings (SSSR count). The lowest BCUT2D eigenvalue weighted by molar-refractivity contribution is 0.0992. The second-order valence-corrected chi connectivity index (χ2v) is 5.68. The fraction of sp³-hybridized carbons (Fsp3) is 0.250. The molecule has 0 saturated carbocycles. The molecular formula is C16H16FN3O2S. The second kappa shape index (κ2) is 7.45. The Kier molecular flexibility index (Phi) is 5.12. The number of thiophene rings is 1. The van der Waals surface area contributed by atoms with Crippen LogP contribution in [0.4, 0.5) is 10.2 Å². The standard InChI is InChI=1S/C16H16FN3O2S/c17-12-3-1-11(2-4-12)13-9-23-16-14(13)15(19-10-20-16)18-5-7-22-8-6-21/h1-4,9-10,21H,5-8H2,(H,18,19,20). The van der Waals surface area contributed by atoms with Gasteiger partial charge in [0.15, 0.2) is 0 Å². The fourth-order valence-electron chi connectivity index (χ4n) is 2.26. The Morgan fingerprint density at radius 1 is 1.17 bits per heavy atom. The van der Waals surface area contributed by atoms with Crippen molar-refractivity contribution in [2.24, 2.45) is 0 Å². The van der Waals surface area contributed by atoms with E-state index in [9.17, 15) is 4.39 Å². The molecule has 120 valence electrons. The van der Waals surface area contributed by atoms with Gasteiger partial charge in [0.25, 0.3) is 0 Å². The fourth-order valence-corrected chi connectivity index (χ4v) is 3.18. The zero-order chi connectivity index (χ0) is 16.1. The molecule has 0 atom stereocenters. The Balaban J connectivity index is 1.86. The van der Waals surface area contributed by atoms with Crippen LogP contribution in [0.3, 0.4) is 0 Å². The minimum absolute atomic E-state index is 0.0109. The molecule has 0 saturated heterocycles. The molecule has 0 aliphatic heterocycles. The molecule has 2 N–H and O–H groups in total. The number of fused-ring (bicyclic) bond motifs is 1. The van der Waals surface area contributed by atoms with Crippen LogP contribution in [0.15, 0.2) is 36.0 Å². The van der Waals surface area contributed by atoms with Gasteiger partial charge in [0, 0.05) is 17.5 Å². The molecule has 0 amide bonds. The maximum atomic E-state index is 13.1. The van der Waals surface area contributed by atoms with Crippen molar-refractivity contribution in [3.8, 4) is 11.1 Å². The van der Waals surface area contributed by atoms with Crippen molar-refractivity contribution < 1.29 is 14.2 Å². The summed E-state index contributed by atoms with van der Waals surface area (Å²) in [6.07, 6.45) is 1.52. The van der Waals surface area contributed by atoms with Crippen molar-refractivity contribution in [2.45, 2.75) is 0 Å². The summed E-state index contributed by atoms with van der Waals surface area (Å²) in [6, 6.07) is 6.38. The van der Waals surface area contributed by atoms with Gasteiger partial charge in [-0.25, -0.2) is 14.4 Å². The van der Waals surface area contributed by atoms with Gasteiger partial charge in [0.2, 0.25) is 0 Å². The predicted octanol–water partition coefficient (Wildman–Crippen LogP) is 2.92. The summed E-state index contributed by atoms with van der Waals surface area (Å²) >= 11 is 1.53. The molecule has 1 aromatic carbocycles. The average Bonchev–Trinajstić information content (AvgIpc) is 3.00. The van der Waals surface area contributed by atoms with Crippen LogP contribution in [0.5, 0.6) is 0 Å². The van der Waals surface area contributed by atoms with Gasteiger partial charge in [-0.15, -0.1) is 11.3 Å². The zero-order valence-electron chi connectivity index (χ0n) is 12.3. The number of benzene rings is 1. The Hall–Kier alpha value is -2.09. The van der Waals surface area contributed by atoms with Crippen LogP contribution in [-0.2, 0) is 4.74 Å². The number of halogens is 1. The van der Waals surface area contributed by atoms with Gasteiger partial charge in [0.1, 0.15) is 22.8 Å². The van der Waals surface area contributed by atoms with Crippen LogP contribution >= 0.6 is 11.3 Å². The molecule has 0 bridgehead atoms. The van der Waals surface area contributed by atoms with E-state index in [1.165, 1.54) is 29.8 Å². The van der Waals surface area contributed by atoms with E-state index in [2.05, 4.69) is 15.3 Å². The normalized spacial score (nSPS) is 11.0. The number of aromatic nitrogens is 2. The van der Waals surface area contributed by atoms with Crippen LogP contribution < -0.4 is 5.32 Å².